The molecule has 0 unspecified atom stereocenters. The van der Waals surface area contributed by atoms with Crippen molar-refractivity contribution in [2.75, 3.05) is 0 Å². The summed E-state index contributed by atoms with van der Waals surface area (Å²) in [5.74, 6) is 0. The van der Waals surface area contributed by atoms with Gasteiger partial charge in [0.15, 0.2) is 0 Å². The van der Waals surface area contributed by atoms with E-state index < -0.39 is 0 Å². The van der Waals surface area contributed by atoms with Gasteiger partial charge in [0.2, 0.25) is 0 Å². The van der Waals surface area contributed by atoms with E-state index in [-0.39, 0.29) is 35.7 Å². The van der Waals surface area contributed by atoms with Crippen LogP contribution in [0.1, 0.15) is 60.1 Å². The molecule has 4 aromatic carbocycles. The molecule has 0 aromatic heterocycles. The van der Waals surface area contributed by atoms with Crippen LogP contribution in [0.5, 0.6) is 0 Å². The summed E-state index contributed by atoms with van der Waals surface area (Å²) in [4.78, 5) is 0. The molecule has 0 N–H and O–H groups in total. The number of halogens is 2. The van der Waals surface area contributed by atoms with Gasteiger partial charge in [0.1, 0.15) is 0 Å². The minimum atomic E-state index is 0. The van der Waals surface area contributed by atoms with Crippen LogP contribution in [-0.2, 0) is 59.5 Å². The first-order chi connectivity index (χ1) is 22.1. The Balaban J connectivity index is 0.000000207. The third kappa shape index (κ3) is 10.3. The molecule has 4 aromatic rings. The van der Waals surface area contributed by atoms with Gasteiger partial charge in [-0.3, -0.25) is 0 Å². The van der Waals surface area contributed by atoms with Crippen LogP contribution in [0.3, 0.4) is 0 Å². The van der Waals surface area contributed by atoms with E-state index >= 15 is 0 Å². The SMILES string of the molecule is CC1=C(c2[c-]c3c(cc2)-c2ccccc2C3)CC=C1.CC1=C(c2[c-]c3c(cc2)-c2ccccc2C3)CC=C1.C[Si](C)=[Zr].C[Si](C)=[Zr].[Cl-].[Cl-]. The first-order valence-electron chi connectivity index (χ1n) is 16.2. The first-order valence-corrected chi connectivity index (χ1v) is 28.5. The maximum Gasteiger partial charge on any atom is -1.00 e. The standard InChI is InChI=1S/2C19H15.2C2H6Si.2ClH.2Zr/c2*1-13-5-4-8-17(13)15-9-10-19-16(12-15)11-14-6-2-3-7-18(14)19;2*1-3-2;;;;/h2*2-7,9-10H,8,11H2,1H3;2*1-2H3;2*1H;;/q2*-1;;;;;;/p-2. The Labute approximate surface area is 331 Å². The van der Waals surface area contributed by atoms with Crippen LogP contribution >= 0.6 is 0 Å². The Kier molecular flexibility index (Phi) is 16.5. The Bertz CT molecular complexity index is 1800. The molecule has 0 amide bonds. The molecule has 6 heteroatoms. The Morgan fingerprint density at radius 1 is 0.521 bits per heavy atom. The summed E-state index contributed by atoms with van der Waals surface area (Å²) in [5.41, 5.74) is 19.7. The minimum Gasteiger partial charge on any atom is -1.00 e. The van der Waals surface area contributed by atoms with Gasteiger partial charge in [0.05, 0.1) is 0 Å². The summed E-state index contributed by atoms with van der Waals surface area (Å²) in [5, 5.41) is 0. The molecule has 0 saturated carbocycles. The van der Waals surface area contributed by atoms with Crippen LogP contribution in [0.15, 0.2) is 108 Å². The molecule has 0 bridgehead atoms. The van der Waals surface area contributed by atoms with E-state index in [0.717, 1.165) is 25.7 Å². The molecular weight excluding hydrogens is 814 g/mol. The molecule has 0 heterocycles. The molecular formula is C42H42Cl2Si2Zr2-4. The summed E-state index contributed by atoms with van der Waals surface area (Å²) in [6.07, 6.45) is 13.1. The molecule has 0 saturated heterocycles. The number of fused-ring (bicyclic) bond motifs is 6. The van der Waals surface area contributed by atoms with Crippen molar-refractivity contribution in [3.8, 4) is 22.3 Å². The molecule has 244 valence electrons. The predicted molar refractivity (Wildman–Crippen MR) is 195 cm³/mol. The average molecular weight is 856 g/mol. The Hall–Kier alpha value is -1.38. The smallest absolute Gasteiger partial charge is 1.00 e. The second-order valence-corrected chi connectivity index (χ2v) is 31.5. The normalized spacial score (nSPS) is 13.6. The van der Waals surface area contributed by atoms with Gasteiger partial charge in [0.25, 0.3) is 0 Å². The van der Waals surface area contributed by atoms with Crippen LogP contribution in [0.2, 0.25) is 26.2 Å². The van der Waals surface area contributed by atoms with Gasteiger partial charge in [0, 0.05) is 0 Å². The van der Waals surface area contributed by atoms with E-state index in [1.807, 2.05) is 0 Å². The van der Waals surface area contributed by atoms with Crippen LogP contribution in [0.25, 0.3) is 33.4 Å². The second kappa shape index (κ2) is 19.3. The molecule has 0 fully saturated rings. The summed E-state index contributed by atoms with van der Waals surface area (Å²) < 4.78 is 0. The third-order valence-corrected chi connectivity index (χ3v) is 8.39. The molecule has 0 nitrogen and oxygen atoms in total. The molecule has 4 aliphatic carbocycles. The van der Waals surface area contributed by atoms with E-state index in [1.54, 1.807) is 46.7 Å². The number of allylic oxidation sites excluding steroid dienone is 8. The fourth-order valence-corrected chi connectivity index (χ4v) is 6.34. The van der Waals surface area contributed by atoms with E-state index in [0.29, 0.717) is 0 Å². The molecule has 0 radical (unpaired) electrons. The minimum absolute atomic E-state index is 0. The maximum absolute atomic E-state index is 3.65. The number of benzene rings is 4. The zero-order valence-electron chi connectivity index (χ0n) is 28.8. The van der Waals surface area contributed by atoms with Crippen molar-refractivity contribution in [2.24, 2.45) is 0 Å². The Morgan fingerprint density at radius 3 is 1.21 bits per heavy atom. The van der Waals surface area contributed by atoms with Crippen molar-refractivity contribution in [1.82, 2.24) is 0 Å². The number of hydrogen-bond donors (Lipinski definition) is 0. The van der Waals surface area contributed by atoms with Gasteiger partial charge in [-0.05, 0) is 50.7 Å². The molecule has 4 aliphatic rings. The quantitative estimate of drug-likeness (QED) is 0.167. The molecule has 0 aliphatic heterocycles. The van der Waals surface area contributed by atoms with Crippen LogP contribution in [-0.4, -0.2) is 10.9 Å². The third-order valence-electron chi connectivity index (χ3n) is 8.39. The van der Waals surface area contributed by atoms with Crippen LogP contribution in [0, 0.1) is 12.1 Å². The summed E-state index contributed by atoms with van der Waals surface area (Å²) in [6, 6.07) is 33.7. The van der Waals surface area contributed by atoms with Gasteiger partial charge >= 0.3 is 83.7 Å². The van der Waals surface area contributed by atoms with Gasteiger partial charge in [-0.15, -0.1) is 69.8 Å². The van der Waals surface area contributed by atoms with Crippen LogP contribution in [0.4, 0.5) is 0 Å². The molecule has 8 rings (SSSR count). The zero-order valence-corrected chi connectivity index (χ0v) is 37.2. The number of hydrogen-bond acceptors (Lipinski definition) is 0. The van der Waals surface area contributed by atoms with Gasteiger partial charge in [-0.25, -0.2) is 0 Å². The second-order valence-electron chi connectivity index (χ2n) is 12.7. The first kappa shape index (κ1) is 41.0. The summed E-state index contributed by atoms with van der Waals surface area (Å²) >= 11 is 3.48. The van der Waals surface area contributed by atoms with Gasteiger partial charge in [-0.1, -0.05) is 106 Å². The maximum atomic E-state index is 3.65. The predicted octanol–water partition coefficient (Wildman–Crippen LogP) is 5.16. The average Bonchev–Trinajstić information content (AvgIpc) is 3.80. The van der Waals surface area contributed by atoms with E-state index in [4.69, 9.17) is 0 Å². The van der Waals surface area contributed by atoms with Crippen molar-refractivity contribution >= 4 is 22.0 Å². The van der Waals surface area contributed by atoms with Crippen molar-refractivity contribution in [3.63, 3.8) is 0 Å². The molecule has 48 heavy (non-hydrogen) atoms. The zero-order chi connectivity index (χ0) is 32.8. The summed E-state index contributed by atoms with van der Waals surface area (Å²) in [6.45, 7) is 13.6. The monoisotopic (exact) mass is 852 g/mol. The number of rotatable bonds is 2. The van der Waals surface area contributed by atoms with E-state index in [2.05, 4.69) is 149 Å². The molecule has 0 atom stereocenters. The topological polar surface area (TPSA) is 0 Å². The molecule has 0 spiro atoms. The van der Waals surface area contributed by atoms with Crippen molar-refractivity contribution in [2.45, 2.75) is 65.7 Å². The van der Waals surface area contributed by atoms with Crippen molar-refractivity contribution in [1.29, 1.82) is 0 Å². The van der Waals surface area contributed by atoms with E-state index in [9.17, 15) is 0 Å². The summed E-state index contributed by atoms with van der Waals surface area (Å²) in [7, 11) is 0. The fraction of sp³-hybridized carbons (Fsp3) is 0.238. The Morgan fingerprint density at radius 2 is 0.875 bits per heavy atom. The van der Waals surface area contributed by atoms with Crippen molar-refractivity contribution in [3.05, 3.63) is 154 Å². The van der Waals surface area contributed by atoms with Gasteiger partial charge < -0.3 is 24.8 Å². The van der Waals surface area contributed by atoms with Crippen LogP contribution < -0.4 is 24.8 Å². The van der Waals surface area contributed by atoms with Crippen molar-refractivity contribution < 1.29 is 71.5 Å². The van der Waals surface area contributed by atoms with E-state index in [1.165, 1.54) is 77.9 Å². The fourth-order valence-electron chi connectivity index (χ4n) is 6.34. The largest absolute Gasteiger partial charge is 1.00 e. The van der Waals surface area contributed by atoms with Gasteiger partial charge in [-0.2, -0.15) is 0 Å².